The van der Waals surface area contributed by atoms with E-state index in [4.69, 9.17) is 19.9 Å². The quantitative estimate of drug-likeness (QED) is 0.260. The molecule has 0 radical (unpaired) electrons. The zero-order valence-corrected chi connectivity index (χ0v) is 22.2. The summed E-state index contributed by atoms with van der Waals surface area (Å²) < 4.78 is 16.3. The minimum Gasteiger partial charge on any atom is -0.480 e. The predicted octanol–water partition coefficient (Wildman–Crippen LogP) is 4.45. The summed E-state index contributed by atoms with van der Waals surface area (Å²) in [7, 11) is 0. The molecule has 1 rings (SSSR count). The van der Waals surface area contributed by atoms with Crippen molar-refractivity contribution in [1.82, 2.24) is 0 Å². The Morgan fingerprint density at radius 1 is 0.889 bits per heavy atom. The fourth-order valence-corrected chi connectivity index (χ4v) is 3.66. The van der Waals surface area contributed by atoms with Gasteiger partial charge in [0.05, 0.1) is 6.61 Å². The maximum absolute atomic E-state index is 12.4. The number of unbranched alkanes of at least 4 members (excludes halogenated alkanes) is 1. The fraction of sp³-hybridized carbons (Fsp3) is 0.630. The maximum atomic E-state index is 12.4. The van der Waals surface area contributed by atoms with E-state index in [0.717, 1.165) is 6.42 Å². The topological polar surface area (TPSA) is 142 Å². The van der Waals surface area contributed by atoms with Gasteiger partial charge in [0.1, 0.15) is 6.04 Å². The van der Waals surface area contributed by atoms with Gasteiger partial charge in [-0.3, -0.25) is 19.2 Å². The molecule has 3 N–H and O–H groups in total. The molecular formula is C27H41NO8. The number of hydrogen-bond acceptors (Lipinski definition) is 8. The van der Waals surface area contributed by atoms with E-state index in [0.29, 0.717) is 12.0 Å². The van der Waals surface area contributed by atoms with E-state index in [1.54, 1.807) is 13.0 Å². The Balaban J connectivity index is 3.32. The first-order chi connectivity index (χ1) is 16.8. The van der Waals surface area contributed by atoms with Crippen molar-refractivity contribution in [3.8, 4) is 11.5 Å². The second-order valence-electron chi connectivity index (χ2n) is 10.0. The zero-order chi connectivity index (χ0) is 27.4. The zero-order valence-electron chi connectivity index (χ0n) is 22.2. The van der Waals surface area contributed by atoms with Gasteiger partial charge in [-0.05, 0) is 41.9 Å². The monoisotopic (exact) mass is 507 g/mol. The summed E-state index contributed by atoms with van der Waals surface area (Å²) in [6.07, 6.45) is 2.15. The van der Waals surface area contributed by atoms with Gasteiger partial charge in [-0.1, -0.05) is 54.0 Å². The molecule has 9 nitrogen and oxygen atoms in total. The van der Waals surface area contributed by atoms with Gasteiger partial charge in [0.15, 0.2) is 11.5 Å². The van der Waals surface area contributed by atoms with Crippen molar-refractivity contribution in [2.24, 2.45) is 23.5 Å². The van der Waals surface area contributed by atoms with E-state index in [-0.39, 0.29) is 55.2 Å². The third-order valence-corrected chi connectivity index (χ3v) is 5.48. The smallest absolute Gasteiger partial charge is 0.321 e. The highest BCUT2D eigenvalue weighted by molar-refractivity contribution is 5.77. The first-order valence-electron chi connectivity index (χ1n) is 12.5. The lowest BCUT2D eigenvalue weighted by molar-refractivity contribution is -0.145. The largest absolute Gasteiger partial charge is 0.480 e. The number of aliphatic carboxylic acids is 1. The first-order valence-corrected chi connectivity index (χ1v) is 12.5. The number of benzene rings is 1. The Morgan fingerprint density at radius 3 is 1.94 bits per heavy atom. The van der Waals surface area contributed by atoms with E-state index >= 15 is 0 Å². The van der Waals surface area contributed by atoms with Gasteiger partial charge in [-0.15, -0.1) is 0 Å². The van der Waals surface area contributed by atoms with Crippen LogP contribution in [0.3, 0.4) is 0 Å². The third kappa shape index (κ3) is 10.8. The number of rotatable bonds is 15. The molecule has 0 spiro atoms. The van der Waals surface area contributed by atoms with Gasteiger partial charge in [0.25, 0.3) is 0 Å². The van der Waals surface area contributed by atoms with E-state index in [1.165, 1.54) is 12.1 Å². The Bertz CT molecular complexity index is 896. The molecular weight excluding hydrogens is 466 g/mol. The van der Waals surface area contributed by atoms with Gasteiger partial charge in [-0.25, -0.2) is 0 Å². The van der Waals surface area contributed by atoms with E-state index < -0.39 is 35.8 Å². The van der Waals surface area contributed by atoms with E-state index in [9.17, 15) is 24.3 Å². The van der Waals surface area contributed by atoms with Crippen LogP contribution in [-0.4, -0.2) is 41.6 Å². The molecule has 2 unspecified atom stereocenters. The molecule has 1 aromatic rings. The van der Waals surface area contributed by atoms with Crippen LogP contribution in [0, 0.1) is 17.8 Å². The molecule has 0 saturated heterocycles. The SMILES string of the molecule is CCCCC(=O)OCC(C)C(c1ccc(OC(=O)CC(C)C)c(OC(=O)CC(C)C)c1)[C@H](N)C(=O)O. The number of carbonyl (C=O) groups is 4. The van der Waals surface area contributed by atoms with Crippen LogP contribution in [0.2, 0.25) is 0 Å². The number of nitrogens with two attached hydrogens (primary N) is 1. The van der Waals surface area contributed by atoms with Crippen molar-refractivity contribution < 1.29 is 38.5 Å². The lowest BCUT2D eigenvalue weighted by atomic mass is 9.82. The summed E-state index contributed by atoms with van der Waals surface area (Å²) >= 11 is 0. The van der Waals surface area contributed by atoms with Crippen molar-refractivity contribution in [2.75, 3.05) is 6.61 Å². The molecule has 0 bridgehead atoms. The Morgan fingerprint density at radius 2 is 1.44 bits per heavy atom. The number of carbonyl (C=O) groups excluding carboxylic acids is 3. The van der Waals surface area contributed by atoms with Crippen LogP contribution < -0.4 is 15.2 Å². The van der Waals surface area contributed by atoms with Crippen molar-refractivity contribution in [3.63, 3.8) is 0 Å². The lowest BCUT2D eigenvalue weighted by Crippen LogP contribution is -2.40. The summed E-state index contributed by atoms with van der Waals surface area (Å²) in [5.41, 5.74) is 6.49. The maximum Gasteiger partial charge on any atom is 0.321 e. The minimum atomic E-state index is -1.32. The summed E-state index contributed by atoms with van der Waals surface area (Å²) in [5.74, 6) is -3.64. The van der Waals surface area contributed by atoms with Crippen LogP contribution in [0.5, 0.6) is 11.5 Å². The average molecular weight is 508 g/mol. The normalized spacial score (nSPS) is 13.7. The highest BCUT2D eigenvalue weighted by atomic mass is 16.6. The van der Waals surface area contributed by atoms with Crippen molar-refractivity contribution in [1.29, 1.82) is 0 Å². The summed E-state index contributed by atoms with van der Waals surface area (Å²) in [5, 5.41) is 9.64. The molecule has 9 heteroatoms. The second kappa shape index (κ2) is 15.2. The van der Waals surface area contributed by atoms with Gasteiger partial charge in [0, 0.05) is 25.2 Å². The van der Waals surface area contributed by atoms with Gasteiger partial charge in [0.2, 0.25) is 0 Å². The lowest BCUT2D eigenvalue weighted by Gasteiger charge is -2.28. The Hall–Kier alpha value is -2.94. The van der Waals surface area contributed by atoms with Crippen molar-refractivity contribution >= 4 is 23.9 Å². The summed E-state index contributed by atoms with van der Waals surface area (Å²) in [4.78, 5) is 48.5. The highest BCUT2D eigenvalue weighted by Crippen LogP contribution is 2.36. The Labute approximate surface area is 213 Å². The van der Waals surface area contributed by atoms with Crippen LogP contribution in [0.1, 0.15) is 85.1 Å². The third-order valence-electron chi connectivity index (χ3n) is 5.48. The standard InChI is InChI=1S/C27H41NO8/c1-7-8-9-22(29)34-15-18(6)25(26(28)27(32)33)19-10-11-20(35-23(30)12-16(2)3)21(14-19)36-24(31)13-17(4)5/h10-11,14,16-18,25-26H,7-9,12-13,15,28H2,1-6H3,(H,32,33)/t18?,25?,26-/m0/s1. The van der Waals surface area contributed by atoms with Crippen LogP contribution in [-0.2, 0) is 23.9 Å². The molecule has 0 aromatic heterocycles. The van der Waals surface area contributed by atoms with Crippen LogP contribution in [0.4, 0.5) is 0 Å². The number of carboxylic acids is 1. The fourth-order valence-electron chi connectivity index (χ4n) is 3.66. The van der Waals surface area contributed by atoms with Crippen molar-refractivity contribution in [3.05, 3.63) is 23.8 Å². The molecule has 36 heavy (non-hydrogen) atoms. The number of ether oxygens (including phenoxy) is 3. The molecule has 0 heterocycles. The Kier molecular flexibility index (Phi) is 13.2. The molecule has 202 valence electrons. The minimum absolute atomic E-state index is 0.00462. The van der Waals surface area contributed by atoms with E-state index in [2.05, 4.69) is 0 Å². The van der Waals surface area contributed by atoms with Crippen LogP contribution in [0.25, 0.3) is 0 Å². The number of esters is 3. The molecule has 0 aliphatic heterocycles. The van der Waals surface area contributed by atoms with Gasteiger partial charge in [-0.2, -0.15) is 0 Å². The van der Waals surface area contributed by atoms with E-state index in [1.807, 2.05) is 34.6 Å². The number of hydrogen-bond donors (Lipinski definition) is 2. The second-order valence-corrected chi connectivity index (χ2v) is 10.0. The molecule has 0 amide bonds. The molecule has 3 atom stereocenters. The van der Waals surface area contributed by atoms with Gasteiger partial charge < -0.3 is 25.1 Å². The molecule has 0 fully saturated rings. The van der Waals surface area contributed by atoms with Crippen LogP contribution >= 0.6 is 0 Å². The first kappa shape index (κ1) is 31.1. The average Bonchev–Trinajstić information content (AvgIpc) is 2.76. The molecule has 0 aliphatic rings. The molecule has 1 aromatic carbocycles. The van der Waals surface area contributed by atoms with Crippen LogP contribution in [0.15, 0.2) is 18.2 Å². The van der Waals surface area contributed by atoms with Gasteiger partial charge >= 0.3 is 23.9 Å². The summed E-state index contributed by atoms with van der Waals surface area (Å²) in [6, 6.07) is 3.20. The highest BCUT2D eigenvalue weighted by Gasteiger charge is 2.32. The summed E-state index contributed by atoms with van der Waals surface area (Å²) in [6.45, 7) is 11.2. The predicted molar refractivity (Wildman–Crippen MR) is 135 cm³/mol. The molecule has 0 saturated carbocycles. The van der Waals surface area contributed by atoms with Crippen molar-refractivity contribution in [2.45, 2.75) is 85.6 Å². The molecule has 0 aliphatic carbocycles. The number of carboxylic acid groups (broad SMARTS) is 1.